The molecule has 0 amide bonds. The van der Waals surface area contributed by atoms with Crippen molar-refractivity contribution in [1.82, 2.24) is 5.43 Å². The van der Waals surface area contributed by atoms with E-state index in [-0.39, 0.29) is 23.5 Å². The maximum atomic E-state index is 13.6. The molecule has 162 valence electrons. The Kier molecular flexibility index (Phi) is 8.11. The fraction of sp³-hybridized carbons (Fsp3) is 0.350. The van der Waals surface area contributed by atoms with Crippen molar-refractivity contribution in [2.75, 3.05) is 5.43 Å². The summed E-state index contributed by atoms with van der Waals surface area (Å²) in [5.41, 5.74) is 7.76. The minimum absolute atomic E-state index is 0.0212. The molecule has 2 N–H and O–H groups in total. The highest BCUT2D eigenvalue weighted by Crippen LogP contribution is 2.51. The summed E-state index contributed by atoms with van der Waals surface area (Å²) in [5.74, 6) is 0. The third-order valence-electron chi connectivity index (χ3n) is 3.62. The maximum Gasteiger partial charge on any atom is 0.398 e. The number of aryl methyl sites for hydroxylation is 1. The Balaban J connectivity index is 2.37. The number of aliphatic imine (C=N–C) groups is 1. The zero-order valence-electron chi connectivity index (χ0n) is 17.7. The molecule has 0 unspecified atom stereocenters. The molecule has 2 rings (SSSR count). The molecule has 0 bridgehead atoms. The lowest BCUT2D eigenvalue weighted by Gasteiger charge is -2.25. The Morgan fingerprint density at radius 3 is 2.00 bits per heavy atom. The molecular formula is C20H27N4O5P. The highest BCUT2D eigenvalue weighted by atomic mass is 31.2. The van der Waals surface area contributed by atoms with Gasteiger partial charge in [-0.05, 0) is 58.9 Å². The van der Waals surface area contributed by atoms with Crippen LogP contribution in [0.1, 0.15) is 33.3 Å². The van der Waals surface area contributed by atoms with E-state index in [0.717, 1.165) is 5.56 Å². The van der Waals surface area contributed by atoms with E-state index in [9.17, 15) is 14.7 Å². The number of hydrogen-bond acceptors (Lipinski definition) is 7. The summed E-state index contributed by atoms with van der Waals surface area (Å²) < 4.78 is 24.9. The topological polar surface area (TPSA) is 115 Å². The van der Waals surface area contributed by atoms with Gasteiger partial charge in [0, 0.05) is 12.1 Å². The largest absolute Gasteiger partial charge is 0.398 e. The number of non-ortho nitro benzene ring substituents is 1. The summed E-state index contributed by atoms with van der Waals surface area (Å²) in [5, 5.41) is 10.8. The summed E-state index contributed by atoms with van der Waals surface area (Å²) in [6, 6.07) is 13.1. The second-order valence-corrected chi connectivity index (χ2v) is 8.97. The lowest BCUT2D eigenvalue weighted by atomic mass is 10.2. The molecule has 0 radical (unpaired) electrons. The average molecular weight is 434 g/mol. The van der Waals surface area contributed by atoms with Gasteiger partial charge < -0.3 is 9.05 Å². The lowest BCUT2D eigenvalue weighted by molar-refractivity contribution is -0.384. The average Bonchev–Trinajstić information content (AvgIpc) is 2.65. The molecule has 0 aromatic heterocycles. The second kappa shape index (κ2) is 10.3. The third-order valence-corrected chi connectivity index (χ3v) is 5.75. The Morgan fingerprint density at radius 1 is 1.00 bits per heavy atom. The van der Waals surface area contributed by atoms with Crippen molar-refractivity contribution in [2.45, 2.75) is 46.8 Å². The molecule has 0 fully saturated rings. The van der Waals surface area contributed by atoms with Gasteiger partial charge in [0.25, 0.3) is 5.69 Å². The lowest BCUT2D eigenvalue weighted by Crippen LogP contribution is -2.32. The van der Waals surface area contributed by atoms with Crippen molar-refractivity contribution in [1.29, 1.82) is 0 Å². The Labute approximate surface area is 176 Å². The van der Waals surface area contributed by atoms with Gasteiger partial charge in [-0.1, -0.05) is 17.7 Å². The SMILES string of the molecule is Cc1ccc(N=C(NNc2ccc([N+](=O)[O-])cc2)P(=O)(OC(C)C)OC(C)C)cc1. The fourth-order valence-electron chi connectivity index (χ4n) is 2.37. The molecule has 0 spiro atoms. The molecule has 0 atom stereocenters. The molecule has 0 aliphatic heterocycles. The smallest absolute Gasteiger partial charge is 0.300 e. The van der Waals surface area contributed by atoms with E-state index in [4.69, 9.17) is 9.05 Å². The van der Waals surface area contributed by atoms with Crippen LogP contribution >= 0.6 is 7.60 Å². The molecule has 10 heteroatoms. The van der Waals surface area contributed by atoms with Crippen LogP contribution in [0, 0.1) is 17.0 Å². The number of nitrogens with zero attached hydrogens (tertiary/aromatic N) is 2. The molecular weight excluding hydrogens is 407 g/mol. The van der Waals surface area contributed by atoms with Crippen LogP contribution in [0.15, 0.2) is 53.5 Å². The second-order valence-electron chi connectivity index (χ2n) is 7.13. The van der Waals surface area contributed by atoms with E-state index < -0.39 is 12.5 Å². The van der Waals surface area contributed by atoms with Gasteiger partial charge in [-0.25, -0.2) is 4.99 Å². The molecule has 0 heterocycles. The van der Waals surface area contributed by atoms with E-state index in [1.807, 2.05) is 19.1 Å². The van der Waals surface area contributed by atoms with Crippen molar-refractivity contribution >= 4 is 30.2 Å². The number of nitro groups is 1. The third kappa shape index (κ3) is 6.95. The Hall–Kier alpha value is -2.74. The van der Waals surface area contributed by atoms with E-state index in [2.05, 4.69) is 15.8 Å². The van der Waals surface area contributed by atoms with Crippen LogP contribution in [0.5, 0.6) is 0 Å². The number of rotatable bonds is 9. The van der Waals surface area contributed by atoms with Gasteiger partial charge >= 0.3 is 7.60 Å². The number of anilines is 1. The standard InChI is InChI=1S/C20H27N4O5P/c1-14(2)28-30(27,29-15(3)4)20(21-17-8-6-16(5)7-9-17)23-22-18-10-12-19(13-11-18)24(25)26/h6-15,22H,1-5H3,(H,21,23). The van der Waals surface area contributed by atoms with Gasteiger partial charge in [-0.2, -0.15) is 0 Å². The molecule has 2 aromatic rings. The first kappa shape index (κ1) is 23.5. The highest BCUT2D eigenvalue weighted by Gasteiger charge is 2.35. The number of hydrazine groups is 1. The molecule has 0 aliphatic carbocycles. The fourth-order valence-corrected chi connectivity index (χ4v) is 4.16. The molecule has 0 saturated carbocycles. The first-order valence-corrected chi connectivity index (χ1v) is 11.0. The van der Waals surface area contributed by atoms with Gasteiger partial charge in [-0.3, -0.25) is 25.5 Å². The van der Waals surface area contributed by atoms with Gasteiger partial charge in [0.05, 0.1) is 28.5 Å². The first-order valence-electron chi connectivity index (χ1n) is 9.48. The predicted molar refractivity (Wildman–Crippen MR) is 118 cm³/mol. The van der Waals surface area contributed by atoms with Crippen LogP contribution < -0.4 is 10.9 Å². The predicted octanol–water partition coefficient (Wildman–Crippen LogP) is 5.55. The van der Waals surface area contributed by atoms with Crippen LogP contribution in [0.2, 0.25) is 0 Å². The number of hydrogen-bond donors (Lipinski definition) is 2. The summed E-state index contributed by atoms with van der Waals surface area (Å²) >= 11 is 0. The Morgan fingerprint density at radius 2 is 1.53 bits per heavy atom. The van der Waals surface area contributed by atoms with Crippen LogP contribution in [-0.2, 0) is 13.6 Å². The van der Waals surface area contributed by atoms with Crippen molar-refractivity contribution in [3.63, 3.8) is 0 Å². The van der Waals surface area contributed by atoms with E-state index in [1.54, 1.807) is 39.8 Å². The molecule has 0 aliphatic rings. The zero-order chi connectivity index (χ0) is 22.3. The van der Waals surface area contributed by atoms with E-state index in [1.165, 1.54) is 24.3 Å². The van der Waals surface area contributed by atoms with Gasteiger partial charge in [0.2, 0.25) is 5.58 Å². The summed E-state index contributed by atoms with van der Waals surface area (Å²) in [4.78, 5) is 14.8. The summed E-state index contributed by atoms with van der Waals surface area (Å²) in [6.07, 6.45) is -0.752. The number of nitro benzene ring substituents is 1. The molecule has 9 nitrogen and oxygen atoms in total. The van der Waals surface area contributed by atoms with Crippen LogP contribution in [0.4, 0.5) is 17.1 Å². The van der Waals surface area contributed by atoms with Crippen LogP contribution in [0.3, 0.4) is 0 Å². The summed E-state index contributed by atoms with van der Waals surface area (Å²) in [6.45, 7) is 8.97. The van der Waals surface area contributed by atoms with Gasteiger partial charge in [0.15, 0.2) is 0 Å². The number of nitrogens with one attached hydrogen (secondary N) is 2. The van der Waals surface area contributed by atoms with Crippen molar-refractivity contribution in [2.24, 2.45) is 4.99 Å². The summed E-state index contributed by atoms with van der Waals surface area (Å²) in [7, 11) is -3.81. The maximum absolute atomic E-state index is 13.6. The Bertz CT molecular complexity index is 913. The monoisotopic (exact) mass is 434 g/mol. The molecule has 0 saturated heterocycles. The molecule has 30 heavy (non-hydrogen) atoms. The van der Waals surface area contributed by atoms with E-state index in [0.29, 0.717) is 11.4 Å². The quantitative estimate of drug-likeness (QED) is 0.175. The molecule has 2 aromatic carbocycles. The number of amidine groups is 1. The van der Waals surface area contributed by atoms with Crippen molar-refractivity contribution in [3.8, 4) is 0 Å². The zero-order valence-corrected chi connectivity index (χ0v) is 18.6. The van der Waals surface area contributed by atoms with Crippen molar-refractivity contribution < 1.29 is 18.5 Å². The minimum Gasteiger partial charge on any atom is -0.300 e. The first-order chi connectivity index (χ1) is 14.1. The highest BCUT2D eigenvalue weighted by molar-refractivity contribution is 7.72. The number of benzene rings is 2. The van der Waals surface area contributed by atoms with Gasteiger partial charge in [-0.15, -0.1) is 0 Å². The van der Waals surface area contributed by atoms with Crippen molar-refractivity contribution in [3.05, 3.63) is 64.2 Å². The van der Waals surface area contributed by atoms with Crippen LogP contribution in [-0.4, -0.2) is 22.7 Å². The van der Waals surface area contributed by atoms with E-state index >= 15 is 0 Å². The minimum atomic E-state index is -3.81. The van der Waals surface area contributed by atoms with Gasteiger partial charge in [0.1, 0.15) is 0 Å². The van der Waals surface area contributed by atoms with Crippen LogP contribution in [0.25, 0.3) is 0 Å². The normalized spacial score (nSPS) is 12.3.